The molecule has 36 heavy (non-hydrogen) atoms. The summed E-state index contributed by atoms with van der Waals surface area (Å²) >= 11 is 0. The summed E-state index contributed by atoms with van der Waals surface area (Å²) < 4.78 is 8.25. The fraction of sp³-hybridized carbons (Fsp3) is 0.345. The number of pyridine rings is 1. The highest BCUT2D eigenvalue weighted by atomic mass is 16.5. The maximum absolute atomic E-state index is 12.0. The summed E-state index contributed by atoms with van der Waals surface area (Å²) in [5.41, 5.74) is 9.95. The molecule has 7 nitrogen and oxygen atoms in total. The van der Waals surface area contributed by atoms with E-state index in [4.69, 9.17) is 15.5 Å². The maximum atomic E-state index is 12.0. The van der Waals surface area contributed by atoms with Crippen molar-refractivity contribution in [1.29, 1.82) is 0 Å². The number of carbonyl (C=O) groups is 1. The summed E-state index contributed by atoms with van der Waals surface area (Å²) in [6, 6.07) is 15.7. The molecule has 2 aromatic carbocycles. The largest absolute Gasteiger partial charge is 0.493 e. The third kappa shape index (κ3) is 6.03. The summed E-state index contributed by atoms with van der Waals surface area (Å²) in [5, 5.41) is 3.91. The molecule has 0 saturated heterocycles. The van der Waals surface area contributed by atoms with E-state index in [0.717, 1.165) is 58.5 Å². The SMILES string of the molecule is CCCc1nc2c(N)nc3cc(OCCCNC(=O)/C=C/c4ccccc4)ccc3c2n1CC(C)C. The Hall–Kier alpha value is -3.87. The highest BCUT2D eigenvalue weighted by Gasteiger charge is 2.18. The molecule has 0 aliphatic rings. The third-order valence-corrected chi connectivity index (χ3v) is 5.89. The fourth-order valence-electron chi connectivity index (χ4n) is 4.27. The Morgan fingerprint density at radius 2 is 1.97 bits per heavy atom. The van der Waals surface area contributed by atoms with Gasteiger partial charge in [0.15, 0.2) is 5.82 Å². The first-order valence-corrected chi connectivity index (χ1v) is 12.7. The number of nitrogens with one attached hydrogen (secondary N) is 1. The van der Waals surface area contributed by atoms with Crippen molar-refractivity contribution in [3.8, 4) is 5.75 Å². The first kappa shape index (κ1) is 25.2. The van der Waals surface area contributed by atoms with Crippen molar-refractivity contribution < 1.29 is 9.53 Å². The van der Waals surface area contributed by atoms with Crippen molar-refractivity contribution in [2.75, 3.05) is 18.9 Å². The number of ether oxygens (including phenoxy) is 1. The van der Waals surface area contributed by atoms with Gasteiger partial charge in [-0.3, -0.25) is 4.79 Å². The molecule has 7 heteroatoms. The van der Waals surface area contributed by atoms with Crippen LogP contribution in [-0.2, 0) is 17.8 Å². The quantitative estimate of drug-likeness (QED) is 0.220. The Morgan fingerprint density at radius 1 is 1.17 bits per heavy atom. The van der Waals surface area contributed by atoms with Crippen molar-refractivity contribution >= 4 is 39.7 Å². The minimum atomic E-state index is -0.117. The standard InChI is InChI=1S/C29H35N5O2/c1-4-9-25-33-27-28(34(25)19-20(2)3)23-14-13-22(18-24(23)32-29(27)30)36-17-8-16-31-26(35)15-12-21-10-6-5-7-11-21/h5-7,10-15,18,20H,4,8-9,16-17,19H2,1-3H3,(H2,30,32)(H,31,35)/b15-12+. The second kappa shape index (κ2) is 11.7. The van der Waals surface area contributed by atoms with Crippen LogP contribution in [0, 0.1) is 5.92 Å². The van der Waals surface area contributed by atoms with Gasteiger partial charge in [0.1, 0.15) is 17.1 Å². The van der Waals surface area contributed by atoms with Crippen LogP contribution in [0.2, 0.25) is 0 Å². The number of aromatic nitrogens is 3. The third-order valence-electron chi connectivity index (χ3n) is 5.89. The Balaban J connectivity index is 1.41. The average molecular weight is 486 g/mol. The molecule has 2 aromatic heterocycles. The van der Waals surface area contributed by atoms with Gasteiger partial charge < -0.3 is 20.4 Å². The summed E-state index contributed by atoms with van der Waals surface area (Å²) in [6.07, 6.45) is 5.97. The van der Waals surface area contributed by atoms with Crippen LogP contribution < -0.4 is 15.8 Å². The van der Waals surface area contributed by atoms with E-state index in [1.54, 1.807) is 12.2 Å². The highest BCUT2D eigenvalue weighted by Crippen LogP contribution is 2.32. The van der Waals surface area contributed by atoms with E-state index in [1.807, 2.05) is 48.5 Å². The molecule has 188 valence electrons. The van der Waals surface area contributed by atoms with Gasteiger partial charge in [-0.05, 0) is 42.5 Å². The van der Waals surface area contributed by atoms with Crippen molar-refractivity contribution in [3.05, 3.63) is 66.0 Å². The predicted octanol–water partition coefficient (Wildman–Crippen LogP) is 5.37. The van der Waals surface area contributed by atoms with Gasteiger partial charge in [0, 0.05) is 37.0 Å². The molecule has 3 N–H and O–H groups in total. The van der Waals surface area contributed by atoms with Gasteiger partial charge in [-0.1, -0.05) is 51.1 Å². The first-order chi connectivity index (χ1) is 17.5. The number of fused-ring (bicyclic) bond motifs is 3. The van der Waals surface area contributed by atoms with Gasteiger partial charge in [0.2, 0.25) is 5.91 Å². The summed E-state index contributed by atoms with van der Waals surface area (Å²) in [4.78, 5) is 21.5. The predicted molar refractivity (Wildman–Crippen MR) is 147 cm³/mol. The number of benzene rings is 2. The molecular formula is C29H35N5O2. The van der Waals surface area contributed by atoms with Crippen molar-refractivity contribution in [2.24, 2.45) is 5.92 Å². The Kier molecular flexibility index (Phi) is 8.21. The van der Waals surface area contributed by atoms with Gasteiger partial charge in [-0.15, -0.1) is 0 Å². The lowest BCUT2D eigenvalue weighted by atomic mass is 10.1. The van der Waals surface area contributed by atoms with Crippen molar-refractivity contribution in [2.45, 2.75) is 46.6 Å². The normalized spacial score (nSPS) is 11.7. The van der Waals surface area contributed by atoms with E-state index in [1.165, 1.54) is 0 Å². The molecule has 4 rings (SSSR count). The van der Waals surface area contributed by atoms with Crippen molar-refractivity contribution in [1.82, 2.24) is 19.9 Å². The number of carbonyl (C=O) groups excluding carboxylic acids is 1. The molecule has 0 radical (unpaired) electrons. The van der Waals surface area contributed by atoms with E-state index in [2.05, 4.69) is 35.6 Å². The van der Waals surface area contributed by atoms with Crippen LogP contribution in [0.5, 0.6) is 5.75 Å². The first-order valence-electron chi connectivity index (χ1n) is 12.7. The minimum Gasteiger partial charge on any atom is -0.493 e. The lowest BCUT2D eigenvalue weighted by Gasteiger charge is -2.13. The van der Waals surface area contributed by atoms with Gasteiger partial charge in [0.05, 0.1) is 17.6 Å². The molecule has 0 fully saturated rings. The van der Waals surface area contributed by atoms with Gasteiger partial charge in [-0.25, -0.2) is 9.97 Å². The van der Waals surface area contributed by atoms with E-state index >= 15 is 0 Å². The molecule has 1 amide bonds. The lowest BCUT2D eigenvalue weighted by Crippen LogP contribution is -2.23. The topological polar surface area (TPSA) is 95.1 Å². The molecule has 2 heterocycles. The minimum absolute atomic E-state index is 0.117. The van der Waals surface area contributed by atoms with E-state index in [0.29, 0.717) is 31.3 Å². The van der Waals surface area contributed by atoms with Crippen LogP contribution in [0.3, 0.4) is 0 Å². The number of imidazole rings is 1. The van der Waals surface area contributed by atoms with E-state index in [-0.39, 0.29) is 5.91 Å². The van der Waals surface area contributed by atoms with Crippen molar-refractivity contribution in [3.63, 3.8) is 0 Å². The average Bonchev–Trinajstić information content (AvgIpc) is 3.21. The van der Waals surface area contributed by atoms with Crippen LogP contribution in [0.4, 0.5) is 5.82 Å². The van der Waals surface area contributed by atoms with Gasteiger partial charge >= 0.3 is 0 Å². The maximum Gasteiger partial charge on any atom is 0.244 e. The molecule has 0 aliphatic carbocycles. The molecule has 4 aromatic rings. The Labute approximate surface area is 212 Å². The molecule has 0 saturated carbocycles. The lowest BCUT2D eigenvalue weighted by molar-refractivity contribution is -0.116. The number of nitrogens with two attached hydrogens (primary N) is 1. The number of rotatable bonds is 11. The number of hydrogen-bond donors (Lipinski definition) is 2. The number of nitrogen functional groups attached to an aromatic ring is 1. The molecule has 0 bridgehead atoms. The zero-order chi connectivity index (χ0) is 25.5. The summed E-state index contributed by atoms with van der Waals surface area (Å²) in [7, 11) is 0. The number of anilines is 1. The van der Waals surface area contributed by atoms with Gasteiger partial charge in [0.25, 0.3) is 0 Å². The van der Waals surface area contributed by atoms with Crippen LogP contribution in [0.1, 0.15) is 45.0 Å². The molecular weight excluding hydrogens is 450 g/mol. The number of hydrogen-bond acceptors (Lipinski definition) is 5. The molecule has 0 spiro atoms. The zero-order valence-corrected chi connectivity index (χ0v) is 21.3. The number of nitrogens with zero attached hydrogens (tertiary/aromatic N) is 3. The number of aryl methyl sites for hydroxylation is 1. The summed E-state index contributed by atoms with van der Waals surface area (Å²) in [6.45, 7) is 8.48. The monoisotopic (exact) mass is 485 g/mol. The highest BCUT2D eigenvalue weighted by molar-refractivity contribution is 6.07. The second-order valence-electron chi connectivity index (χ2n) is 9.39. The zero-order valence-electron chi connectivity index (χ0n) is 21.3. The summed E-state index contributed by atoms with van der Waals surface area (Å²) in [5.74, 6) is 2.60. The molecule has 0 atom stereocenters. The van der Waals surface area contributed by atoms with E-state index in [9.17, 15) is 4.79 Å². The van der Waals surface area contributed by atoms with Crippen LogP contribution in [-0.4, -0.2) is 33.6 Å². The fourth-order valence-corrected chi connectivity index (χ4v) is 4.27. The second-order valence-corrected chi connectivity index (χ2v) is 9.39. The Morgan fingerprint density at radius 3 is 2.72 bits per heavy atom. The molecule has 0 unspecified atom stereocenters. The van der Waals surface area contributed by atoms with Crippen LogP contribution in [0.25, 0.3) is 28.0 Å². The van der Waals surface area contributed by atoms with E-state index < -0.39 is 0 Å². The smallest absolute Gasteiger partial charge is 0.244 e. The molecule has 0 aliphatic heterocycles. The Bertz CT molecular complexity index is 1360. The van der Waals surface area contributed by atoms with Crippen LogP contribution in [0.15, 0.2) is 54.6 Å². The van der Waals surface area contributed by atoms with Crippen LogP contribution >= 0.6 is 0 Å². The number of amides is 1. The van der Waals surface area contributed by atoms with Gasteiger partial charge in [-0.2, -0.15) is 0 Å².